The van der Waals surface area contributed by atoms with E-state index in [-0.39, 0.29) is 0 Å². The highest BCUT2D eigenvalue weighted by Gasteiger charge is 2.20. The van der Waals surface area contributed by atoms with Gasteiger partial charge in [0.1, 0.15) is 12.6 Å². The number of fused-ring (bicyclic) bond motifs is 1. The monoisotopic (exact) mass is 506 g/mol. The zero-order valence-electron chi connectivity index (χ0n) is 23.5. The van der Waals surface area contributed by atoms with Crippen LogP contribution in [0.15, 0.2) is 48.7 Å². The molecule has 1 aromatic heterocycles. The van der Waals surface area contributed by atoms with Crippen LogP contribution < -0.4 is 5.32 Å². The van der Waals surface area contributed by atoms with Crippen LogP contribution in [-0.2, 0) is 11.3 Å². The number of ether oxygens (including phenoxy) is 1. The smallest absolute Gasteiger partial charge is 0.150 e. The first-order valence-corrected chi connectivity index (χ1v) is 13.7. The summed E-state index contributed by atoms with van der Waals surface area (Å²) in [4.78, 5) is 21.4. The topological polar surface area (TPSA) is 60.3 Å². The summed E-state index contributed by atoms with van der Waals surface area (Å²) >= 11 is 0. The number of carbonyl (C=O) groups is 2. The van der Waals surface area contributed by atoms with Crippen LogP contribution in [0.1, 0.15) is 102 Å². The average molecular weight is 507 g/mol. The Hall–Kier alpha value is -2.76. The van der Waals surface area contributed by atoms with E-state index in [1.807, 2.05) is 37.4 Å². The quantitative estimate of drug-likeness (QED) is 0.243. The van der Waals surface area contributed by atoms with E-state index in [2.05, 4.69) is 46.8 Å². The van der Waals surface area contributed by atoms with Gasteiger partial charge in [0.15, 0.2) is 0 Å². The number of rotatable bonds is 9. The highest BCUT2D eigenvalue weighted by Crippen LogP contribution is 2.37. The van der Waals surface area contributed by atoms with Crippen LogP contribution in [0.3, 0.4) is 0 Å². The number of aromatic nitrogens is 1. The van der Waals surface area contributed by atoms with Crippen LogP contribution in [0.4, 0.5) is 0 Å². The standard InChI is InChI=1S/C20H28N2O.C10H12O.C2H6O/c1-21-11-5-6-12-22-14-19(17-7-3-2-4-8-17)18-10-9-16(15-23)13-20(18)22;1-8(2)10-5-3-9(7-11)4-6-10;1-3-2/h9-10,13-15,17,21H,2-8,11-12H2,1H3;3-8H,1-2H3;1-2H3. The summed E-state index contributed by atoms with van der Waals surface area (Å²) in [6, 6.07) is 13.9. The van der Waals surface area contributed by atoms with Crippen molar-refractivity contribution >= 4 is 23.5 Å². The summed E-state index contributed by atoms with van der Waals surface area (Å²) in [7, 11) is 5.25. The molecule has 5 nitrogen and oxygen atoms in total. The minimum absolute atomic E-state index is 0.538. The van der Waals surface area contributed by atoms with Gasteiger partial charge in [-0.25, -0.2) is 0 Å². The second-order valence-electron chi connectivity index (χ2n) is 10.2. The van der Waals surface area contributed by atoms with Gasteiger partial charge in [-0.15, -0.1) is 0 Å². The Morgan fingerprint density at radius 1 is 0.946 bits per heavy atom. The van der Waals surface area contributed by atoms with Crippen LogP contribution in [0.25, 0.3) is 10.9 Å². The minimum Gasteiger partial charge on any atom is -0.388 e. The summed E-state index contributed by atoms with van der Waals surface area (Å²) in [6.45, 7) is 6.37. The van der Waals surface area contributed by atoms with Gasteiger partial charge < -0.3 is 14.6 Å². The van der Waals surface area contributed by atoms with Crippen molar-refractivity contribution in [3.63, 3.8) is 0 Å². The third kappa shape index (κ3) is 9.56. The van der Waals surface area contributed by atoms with E-state index in [0.29, 0.717) is 11.8 Å². The third-order valence-corrected chi connectivity index (χ3v) is 6.93. The summed E-state index contributed by atoms with van der Waals surface area (Å²) in [5.41, 5.74) is 5.54. The highest BCUT2D eigenvalue weighted by atomic mass is 16.4. The SMILES string of the molecule is CC(C)c1ccc(C=O)cc1.CNCCCCn1cc(C2CCCCC2)c2ccc(C=O)cc21.COC. The number of unbranched alkanes of at least 4 members (excludes halogenated alkanes) is 1. The molecular weight excluding hydrogens is 460 g/mol. The zero-order chi connectivity index (χ0) is 27.0. The Balaban J connectivity index is 0.000000287. The number of nitrogens with one attached hydrogen (secondary N) is 1. The number of methoxy groups -OCH3 is 1. The predicted octanol–water partition coefficient (Wildman–Crippen LogP) is 7.39. The second kappa shape index (κ2) is 16.9. The molecule has 0 saturated heterocycles. The molecular formula is C32H46N2O3. The molecule has 0 unspecified atom stereocenters. The lowest BCUT2D eigenvalue weighted by Crippen LogP contribution is -2.08. The third-order valence-electron chi connectivity index (χ3n) is 6.93. The van der Waals surface area contributed by atoms with Crippen LogP contribution in [0.2, 0.25) is 0 Å². The van der Waals surface area contributed by atoms with Gasteiger partial charge in [0.2, 0.25) is 0 Å². The average Bonchev–Trinajstić information content (AvgIpc) is 3.30. The van der Waals surface area contributed by atoms with Crippen molar-refractivity contribution in [2.24, 2.45) is 0 Å². The summed E-state index contributed by atoms with van der Waals surface area (Å²) in [6.07, 6.45) is 13.3. The molecule has 1 fully saturated rings. The summed E-state index contributed by atoms with van der Waals surface area (Å²) in [5.74, 6) is 1.24. The van der Waals surface area contributed by atoms with Crippen LogP contribution >= 0.6 is 0 Å². The Kier molecular flexibility index (Phi) is 13.9. The van der Waals surface area contributed by atoms with Crippen LogP contribution in [0, 0.1) is 0 Å². The van der Waals surface area contributed by atoms with E-state index in [9.17, 15) is 9.59 Å². The molecule has 0 aliphatic heterocycles. The van der Waals surface area contributed by atoms with Gasteiger partial charge in [-0.2, -0.15) is 0 Å². The highest BCUT2D eigenvalue weighted by molar-refractivity contribution is 5.90. The minimum atomic E-state index is 0.538. The molecule has 4 rings (SSSR count). The molecule has 0 radical (unpaired) electrons. The van der Waals surface area contributed by atoms with Crippen LogP contribution in [0.5, 0.6) is 0 Å². The fraction of sp³-hybridized carbons (Fsp3) is 0.500. The van der Waals surface area contributed by atoms with E-state index in [1.165, 1.54) is 67.0 Å². The first kappa shape index (κ1) is 30.5. The van der Waals surface area contributed by atoms with Gasteiger partial charge in [0.25, 0.3) is 0 Å². The molecule has 5 heteroatoms. The molecule has 0 amide bonds. The molecule has 0 bridgehead atoms. The number of aldehydes is 2. The van der Waals surface area contributed by atoms with Gasteiger partial charge in [0, 0.05) is 49.0 Å². The summed E-state index contributed by atoms with van der Waals surface area (Å²) in [5, 5.41) is 4.57. The molecule has 0 spiro atoms. The van der Waals surface area contributed by atoms with Gasteiger partial charge in [-0.3, -0.25) is 9.59 Å². The lowest BCUT2D eigenvalue weighted by atomic mass is 9.84. The van der Waals surface area contributed by atoms with Gasteiger partial charge >= 0.3 is 0 Å². The lowest BCUT2D eigenvalue weighted by Gasteiger charge is -2.21. The fourth-order valence-electron chi connectivity index (χ4n) is 4.88. The van der Waals surface area contributed by atoms with E-state index < -0.39 is 0 Å². The molecule has 3 aromatic rings. The van der Waals surface area contributed by atoms with Crippen molar-refractivity contribution in [3.8, 4) is 0 Å². The van der Waals surface area contributed by atoms with E-state index in [0.717, 1.165) is 36.8 Å². The molecule has 1 heterocycles. The summed E-state index contributed by atoms with van der Waals surface area (Å²) < 4.78 is 6.63. The largest absolute Gasteiger partial charge is 0.388 e. The molecule has 1 N–H and O–H groups in total. The van der Waals surface area contributed by atoms with Crippen molar-refractivity contribution in [1.29, 1.82) is 0 Å². The van der Waals surface area contributed by atoms with Gasteiger partial charge in [0.05, 0.1) is 0 Å². The molecule has 1 aliphatic carbocycles. The molecule has 37 heavy (non-hydrogen) atoms. The predicted molar refractivity (Wildman–Crippen MR) is 155 cm³/mol. The van der Waals surface area contributed by atoms with Crippen molar-refractivity contribution in [2.75, 3.05) is 27.8 Å². The first-order valence-electron chi connectivity index (χ1n) is 13.7. The Morgan fingerprint density at radius 2 is 1.57 bits per heavy atom. The molecule has 1 saturated carbocycles. The van der Waals surface area contributed by atoms with Crippen molar-refractivity contribution in [3.05, 3.63) is 70.9 Å². The maximum absolute atomic E-state index is 11.2. The number of aryl methyl sites for hydroxylation is 1. The van der Waals surface area contributed by atoms with Gasteiger partial charge in [-0.1, -0.05) is 69.5 Å². The van der Waals surface area contributed by atoms with Crippen LogP contribution in [-0.4, -0.2) is 45.0 Å². The molecule has 2 aromatic carbocycles. The Labute approximate surface area is 223 Å². The fourth-order valence-corrected chi connectivity index (χ4v) is 4.88. The number of benzene rings is 2. The van der Waals surface area contributed by atoms with Crippen molar-refractivity contribution < 1.29 is 14.3 Å². The van der Waals surface area contributed by atoms with Gasteiger partial charge in [-0.05, 0) is 68.3 Å². The number of hydrogen-bond acceptors (Lipinski definition) is 4. The number of nitrogens with zero attached hydrogens (tertiary/aromatic N) is 1. The van der Waals surface area contributed by atoms with E-state index in [1.54, 1.807) is 14.2 Å². The zero-order valence-corrected chi connectivity index (χ0v) is 23.5. The number of hydrogen-bond donors (Lipinski definition) is 1. The second-order valence-corrected chi connectivity index (χ2v) is 10.2. The normalized spacial score (nSPS) is 13.5. The molecule has 1 aliphatic rings. The van der Waals surface area contributed by atoms with Crippen molar-refractivity contribution in [2.45, 2.75) is 77.2 Å². The maximum atomic E-state index is 11.2. The Morgan fingerprint density at radius 3 is 2.14 bits per heavy atom. The first-order chi connectivity index (χ1) is 18.0. The van der Waals surface area contributed by atoms with E-state index in [4.69, 9.17) is 0 Å². The lowest BCUT2D eigenvalue weighted by molar-refractivity contribution is 0.111. The van der Waals surface area contributed by atoms with E-state index >= 15 is 0 Å². The molecule has 0 atom stereocenters. The Bertz CT molecular complexity index is 1060. The molecule has 202 valence electrons. The van der Waals surface area contributed by atoms with Crippen molar-refractivity contribution in [1.82, 2.24) is 9.88 Å². The number of carbonyl (C=O) groups excluding carboxylic acids is 2. The maximum Gasteiger partial charge on any atom is 0.150 e.